The van der Waals surface area contributed by atoms with Gasteiger partial charge in [-0.1, -0.05) is 22.9 Å². The molecule has 1 aliphatic rings. The molecule has 3 rings (SSSR count). The van der Waals surface area contributed by atoms with Gasteiger partial charge in [0.15, 0.2) is 0 Å². The van der Waals surface area contributed by atoms with Crippen molar-refractivity contribution in [3.8, 4) is 0 Å². The molecule has 5 heteroatoms. The fourth-order valence-corrected chi connectivity index (χ4v) is 3.43. The Morgan fingerprint density at radius 3 is 2.71 bits per heavy atom. The number of nitrogens with zero attached hydrogens (tertiary/aromatic N) is 2. The lowest BCUT2D eigenvalue weighted by molar-refractivity contribution is 0.102. The number of pyridine rings is 1. The maximum Gasteiger partial charge on any atom is 0.255 e. The molecule has 1 aromatic carbocycles. The molecule has 1 aromatic heterocycles. The quantitative estimate of drug-likeness (QED) is 0.813. The average molecular weight is 388 g/mol. The number of piperidine rings is 1. The predicted molar refractivity (Wildman–Crippen MR) is 102 cm³/mol. The van der Waals surface area contributed by atoms with Gasteiger partial charge in [0, 0.05) is 22.6 Å². The van der Waals surface area contributed by atoms with Crippen LogP contribution in [0.3, 0.4) is 0 Å². The van der Waals surface area contributed by atoms with Crippen molar-refractivity contribution >= 4 is 33.3 Å². The Labute approximate surface area is 151 Å². The molecule has 0 radical (unpaired) electrons. The fraction of sp³-hybridized carbons (Fsp3) is 0.368. The van der Waals surface area contributed by atoms with Crippen molar-refractivity contribution in [1.82, 2.24) is 4.98 Å². The van der Waals surface area contributed by atoms with Crippen LogP contribution in [0.4, 0.5) is 11.5 Å². The summed E-state index contributed by atoms with van der Waals surface area (Å²) in [7, 11) is 0. The lowest BCUT2D eigenvalue weighted by Gasteiger charge is -2.36. The predicted octanol–water partition coefficient (Wildman–Crippen LogP) is 4.87. The van der Waals surface area contributed by atoms with Gasteiger partial charge in [0.1, 0.15) is 5.82 Å². The first-order chi connectivity index (χ1) is 11.7. The molecule has 1 saturated heterocycles. The van der Waals surface area contributed by atoms with Crippen LogP contribution in [0.1, 0.15) is 43.0 Å². The van der Waals surface area contributed by atoms with E-state index < -0.39 is 0 Å². The van der Waals surface area contributed by atoms with Crippen molar-refractivity contribution in [3.05, 3.63) is 52.6 Å². The highest BCUT2D eigenvalue weighted by Gasteiger charge is 2.21. The summed E-state index contributed by atoms with van der Waals surface area (Å²) in [5.41, 5.74) is 1.35. The number of hydrogen-bond acceptors (Lipinski definition) is 3. The number of nitrogens with one attached hydrogen (secondary N) is 1. The number of carbonyl (C=O) groups excluding carboxylic acids is 1. The molecular weight excluding hydrogens is 366 g/mol. The number of anilines is 2. The maximum absolute atomic E-state index is 12.2. The minimum Gasteiger partial charge on any atom is -0.354 e. The van der Waals surface area contributed by atoms with Crippen LogP contribution in [0.2, 0.25) is 0 Å². The summed E-state index contributed by atoms with van der Waals surface area (Å²) in [6.45, 7) is 3.30. The number of amides is 1. The zero-order valence-corrected chi connectivity index (χ0v) is 15.4. The number of aromatic nitrogens is 1. The highest BCUT2D eigenvalue weighted by Crippen LogP contribution is 2.25. The minimum absolute atomic E-state index is 0.124. The third-order valence-electron chi connectivity index (χ3n) is 4.50. The molecule has 0 saturated carbocycles. The molecule has 1 fully saturated rings. The molecule has 2 aromatic rings. The Morgan fingerprint density at radius 1 is 1.25 bits per heavy atom. The minimum atomic E-state index is -0.124. The summed E-state index contributed by atoms with van der Waals surface area (Å²) in [6.07, 6.45) is 6.65. The van der Waals surface area contributed by atoms with Crippen LogP contribution in [0.5, 0.6) is 0 Å². The highest BCUT2D eigenvalue weighted by molar-refractivity contribution is 9.10. The fourth-order valence-electron chi connectivity index (χ4n) is 3.16. The molecule has 1 unspecified atom stereocenters. The molecule has 4 nitrogen and oxygen atoms in total. The van der Waals surface area contributed by atoms with E-state index >= 15 is 0 Å². The van der Waals surface area contributed by atoms with E-state index in [1.807, 2.05) is 24.3 Å². The summed E-state index contributed by atoms with van der Waals surface area (Å²) < 4.78 is 0.956. The SMILES string of the molecule is CCC1CCCCN1c1ccc(NC(=O)c2ccc(Br)cc2)cn1. The topological polar surface area (TPSA) is 45.2 Å². The molecule has 0 bridgehead atoms. The zero-order chi connectivity index (χ0) is 16.9. The average Bonchev–Trinajstić information content (AvgIpc) is 2.63. The van der Waals surface area contributed by atoms with Crippen molar-refractivity contribution in [2.75, 3.05) is 16.8 Å². The van der Waals surface area contributed by atoms with Crippen LogP contribution in [-0.2, 0) is 0 Å². The van der Waals surface area contributed by atoms with E-state index in [2.05, 4.69) is 38.1 Å². The molecule has 24 heavy (non-hydrogen) atoms. The second kappa shape index (κ2) is 7.79. The van der Waals surface area contributed by atoms with E-state index in [0.29, 0.717) is 11.6 Å². The smallest absolute Gasteiger partial charge is 0.255 e. The van der Waals surface area contributed by atoms with Crippen LogP contribution < -0.4 is 10.2 Å². The lowest BCUT2D eigenvalue weighted by atomic mass is 10.00. The van der Waals surface area contributed by atoms with E-state index in [9.17, 15) is 4.79 Å². The van der Waals surface area contributed by atoms with Gasteiger partial charge in [0.2, 0.25) is 0 Å². The van der Waals surface area contributed by atoms with E-state index in [-0.39, 0.29) is 5.91 Å². The Hall–Kier alpha value is -1.88. The van der Waals surface area contributed by atoms with Crippen molar-refractivity contribution in [3.63, 3.8) is 0 Å². The Bertz CT molecular complexity index is 685. The summed E-state index contributed by atoms with van der Waals surface area (Å²) in [5.74, 6) is 0.879. The van der Waals surface area contributed by atoms with Crippen LogP contribution in [0.25, 0.3) is 0 Å². The van der Waals surface area contributed by atoms with Crippen molar-refractivity contribution in [2.45, 2.75) is 38.6 Å². The second-order valence-electron chi connectivity index (χ2n) is 6.12. The van der Waals surface area contributed by atoms with E-state index in [1.54, 1.807) is 18.3 Å². The van der Waals surface area contributed by atoms with Gasteiger partial charge in [-0.2, -0.15) is 0 Å². The van der Waals surface area contributed by atoms with Gasteiger partial charge < -0.3 is 10.2 Å². The zero-order valence-electron chi connectivity index (χ0n) is 13.8. The first kappa shape index (κ1) is 17.0. The molecular formula is C19H22BrN3O. The monoisotopic (exact) mass is 387 g/mol. The van der Waals surface area contributed by atoms with Crippen LogP contribution in [-0.4, -0.2) is 23.5 Å². The largest absolute Gasteiger partial charge is 0.354 e. The number of hydrogen-bond donors (Lipinski definition) is 1. The van der Waals surface area contributed by atoms with Gasteiger partial charge in [0.25, 0.3) is 5.91 Å². The van der Waals surface area contributed by atoms with Gasteiger partial charge in [-0.15, -0.1) is 0 Å². The van der Waals surface area contributed by atoms with Crippen LogP contribution in [0, 0.1) is 0 Å². The number of rotatable bonds is 4. The Kier molecular flexibility index (Phi) is 5.51. The first-order valence-electron chi connectivity index (χ1n) is 8.47. The third kappa shape index (κ3) is 3.96. The summed E-state index contributed by atoms with van der Waals surface area (Å²) >= 11 is 3.37. The van der Waals surface area contributed by atoms with Crippen molar-refractivity contribution < 1.29 is 4.79 Å². The van der Waals surface area contributed by atoms with Crippen LogP contribution >= 0.6 is 15.9 Å². The molecule has 1 amide bonds. The normalized spacial score (nSPS) is 17.6. The van der Waals surface area contributed by atoms with E-state index in [1.165, 1.54) is 19.3 Å². The van der Waals surface area contributed by atoms with Gasteiger partial charge in [-0.25, -0.2) is 4.98 Å². The summed E-state index contributed by atoms with van der Waals surface area (Å²) in [4.78, 5) is 19.2. The molecule has 1 N–H and O–H groups in total. The van der Waals surface area contributed by atoms with Crippen molar-refractivity contribution in [2.24, 2.45) is 0 Å². The lowest BCUT2D eigenvalue weighted by Crippen LogP contribution is -2.39. The van der Waals surface area contributed by atoms with E-state index in [4.69, 9.17) is 0 Å². The Morgan fingerprint density at radius 2 is 2.04 bits per heavy atom. The summed E-state index contributed by atoms with van der Waals surface area (Å²) in [6, 6.07) is 11.8. The van der Waals surface area contributed by atoms with E-state index in [0.717, 1.165) is 28.9 Å². The molecule has 1 aliphatic heterocycles. The van der Waals surface area contributed by atoms with Crippen LogP contribution in [0.15, 0.2) is 47.1 Å². The highest BCUT2D eigenvalue weighted by atomic mass is 79.9. The molecule has 0 aliphatic carbocycles. The number of halogens is 1. The van der Waals surface area contributed by atoms with Gasteiger partial charge in [0.05, 0.1) is 11.9 Å². The Balaban J connectivity index is 1.68. The molecule has 0 spiro atoms. The maximum atomic E-state index is 12.2. The van der Waals surface area contributed by atoms with Gasteiger partial charge in [-0.3, -0.25) is 4.79 Å². The summed E-state index contributed by atoms with van der Waals surface area (Å²) in [5, 5.41) is 2.90. The third-order valence-corrected chi connectivity index (χ3v) is 5.03. The first-order valence-corrected chi connectivity index (χ1v) is 9.26. The number of carbonyl (C=O) groups is 1. The molecule has 1 atom stereocenters. The molecule has 2 heterocycles. The van der Waals surface area contributed by atoms with Crippen molar-refractivity contribution in [1.29, 1.82) is 0 Å². The molecule has 126 valence electrons. The number of benzene rings is 1. The van der Waals surface area contributed by atoms with Gasteiger partial charge in [-0.05, 0) is 62.1 Å². The second-order valence-corrected chi connectivity index (χ2v) is 7.03. The standard InChI is InChI=1S/C19H22BrN3O/c1-2-17-5-3-4-12-23(17)18-11-10-16(13-21-18)22-19(24)14-6-8-15(20)9-7-14/h6-11,13,17H,2-5,12H2,1H3,(H,22,24). The van der Waals surface area contributed by atoms with Gasteiger partial charge >= 0.3 is 0 Å².